The maximum absolute atomic E-state index is 11.5. The smallest absolute Gasteiger partial charge is 0.239 e. The molecule has 0 fully saturated rings. The van der Waals surface area contributed by atoms with Crippen LogP contribution in [0.15, 0.2) is 22.7 Å². The third-order valence-electron chi connectivity index (χ3n) is 2.39. The van der Waals surface area contributed by atoms with E-state index in [1.807, 2.05) is 0 Å². The van der Waals surface area contributed by atoms with E-state index in [4.69, 9.17) is 5.26 Å². The number of rotatable bonds is 6. The van der Waals surface area contributed by atoms with Gasteiger partial charge in [-0.3, -0.25) is 4.79 Å². The van der Waals surface area contributed by atoms with Gasteiger partial charge in [-0.05, 0) is 40.5 Å². The topological polar surface area (TPSA) is 64.9 Å². The summed E-state index contributed by atoms with van der Waals surface area (Å²) in [7, 11) is 0. The van der Waals surface area contributed by atoms with Crippen LogP contribution in [0.1, 0.15) is 25.3 Å². The molecule has 0 unspecified atom stereocenters. The first-order valence-electron chi connectivity index (χ1n) is 5.87. The monoisotopic (exact) mass is 309 g/mol. The molecule has 1 aromatic carbocycles. The highest BCUT2D eigenvalue weighted by atomic mass is 79.9. The molecule has 0 spiro atoms. The largest absolute Gasteiger partial charge is 0.375 e. The normalized spacial score (nSPS) is 9.61. The van der Waals surface area contributed by atoms with Gasteiger partial charge in [-0.2, -0.15) is 5.26 Å². The predicted octanol–water partition coefficient (Wildman–Crippen LogP) is 2.65. The molecule has 1 rings (SSSR count). The van der Waals surface area contributed by atoms with Crippen LogP contribution >= 0.6 is 15.9 Å². The van der Waals surface area contributed by atoms with Crippen LogP contribution in [0.5, 0.6) is 0 Å². The highest BCUT2D eigenvalue weighted by molar-refractivity contribution is 9.10. The number of anilines is 1. The van der Waals surface area contributed by atoms with Gasteiger partial charge in [0, 0.05) is 16.7 Å². The van der Waals surface area contributed by atoms with Crippen LogP contribution < -0.4 is 10.6 Å². The molecule has 0 bridgehead atoms. The minimum Gasteiger partial charge on any atom is -0.375 e. The second-order valence-corrected chi connectivity index (χ2v) is 4.72. The van der Waals surface area contributed by atoms with Crippen LogP contribution in [-0.2, 0) is 4.79 Å². The number of nitrogens with zero attached hydrogens (tertiary/aromatic N) is 1. The molecule has 5 heteroatoms. The fourth-order valence-electron chi connectivity index (χ4n) is 1.37. The molecular formula is C13H16BrN3O. The van der Waals surface area contributed by atoms with Crippen molar-refractivity contribution in [2.75, 3.05) is 18.4 Å². The third kappa shape index (κ3) is 4.76. The van der Waals surface area contributed by atoms with Crippen LogP contribution in [0.25, 0.3) is 0 Å². The standard InChI is InChI=1S/C13H16BrN3O/c1-2-3-6-16-13(18)9-17-12-5-4-10(8-15)7-11(12)14/h4-5,7,17H,2-3,6,9H2,1H3,(H,16,18). The summed E-state index contributed by atoms with van der Waals surface area (Å²) in [6, 6.07) is 7.27. The van der Waals surface area contributed by atoms with Crippen molar-refractivity contribution in [3.8, 4) is 6.07 Å². The average Bonchev–Trinajstić information content (AvgIpc) is 2.37. The van der Waals surface area contributed by atoms with Crippen molar-refractivity contribution in [1.29, 1.82) is 5.26 Å². The Bertz CT molecular complexity index is 454. The number of hydrogen-bond donors (Lipinski definition) is 2. The van der Waals surface area contributed by atoms with E-state index in [1.165, 1.54) is 0 Å². The van der Waals surface area contributed by atoms with Gasteiger partial charge < -0.3 is 10.6 Å². The molecule has 2 N–H and O–H groups in total. The molecule has 0 atom stereocenters. The summed E-state index contributed by atoms with van der Waals surface area (Å²) in [4.78, 5) is 11.5. The lowest BCUT2D eigenvalue weighted by Gasteiger charge is -2.09. The summed E-state index contributed by atoms with van der Waals surface area (Å²) in [5, 5.41) is 14.6. The first-order chi connectivity index (χ1) is 8.67. The summed E-state index contributed by atoms with van der Waals surface area (Å²) >= 11 is 3.36. The molecule has 4 nitrogen and oxygen atoms in total. The van der Waals surface area contributed by atoms with Crippen LogP contribution in [-0.4, -0.2) is 19.0 Å². The fourth-order valence-corrected chi connectivity index (χ4v) is 1.89. The van der Waals surface area contributed by atoms with E-state index >= 15 is 0 Å². The molecule has 18 heavy (non-hydrogen) atoms. The Kier molecular flexibility index (Phi) is 6.23. The number of carbonyl (C=O) groups excluding carboxylic acids is 1. The average molecular weight is 310 g/mol. The molecule has 96 valence electrons. The summed E-state index contributed by atoms with van der Waals surface area (Å²) in [5.41, 5.74) is 1.39. The van der Waals surface area contributed by atoms with Gasteiger partial charge in [0.25, 0.3) is 0 Å². The first kappa shape index (κ1) is 14.5. The van der Waals surface area contributed by atoms with E-state index in [2.05, 4.69) is 39.6 Å². The van der Waals surface area contributed by atoms with Gasteiger partial charge in [0.2, 0.25) is 5.91 Å². The lowest BCUT2D eigenvalue weighted by Crippen LogP contribution is -2.30. The van der Waals surface area contributed by atoms with Gasteiger partial charge in [0.1, 0.15) is 0 Å². The quantitative estimate of drug-likeness (QED) is 0.794. The number of unbranched alkanes of at least 4 members (excludes halogenated alkanes) is 1. The maximum Gasteiger partial charge on any atom is 0.239 e. The van der Waals surface area contributed by atoms with Crippen molar-refractivity contribution in [2.45, 2.75) is 19.8 Å². The van der Waals surface area contributed by atoms with E-state index in [0.29, 0.717) is 12.1 Å². The second kappa shape index (κ2) is 7.72. The van der Waals surface area contributed by atoms with Crippen molar-refractivity contribution >= 4 is 27.5 Å². The molecule has 0 aromatic heterocycles. The lowest BCUT2D eigenvalue weighted by atomic mass is 10.2. The molecule has 1 aromatic rings. The first-order valence-corrected chi connectivity index (χ1v) is 6.67. The van der Waals surface area contributed by atoms with Crippen molar-refractivity contribution in [2.24, 2.45) is 0 Å². The van der Waals surface area contributed by atoms with Crippen molar-refractivity contribution < 1.29 is 4.79 Å². The number of nitriles is 1. The molecule has 0 aliphatic carbocycles. The number of amides is 1. The number of halogens is 1. The predicted molar refractivity (Wildman–Crippen MR) is 75.3 cm³/mol. The van der Waals surface area contributed by atoms with Crippen LogP contribution in [0.3, 0.4) is 0 Å². The highest BCUT2D eigenvalue weighted by Gasteiger charge is 2.04. The number of benzene rings is 1. The summed E-state index contributed by atoms with van der Waals surface area (Å²) in [5.74, 6) is -0.0280. The Balaban J connectivity index is 2.44. The van der Waals surface area contributed by atoms with Gasteiger partial charge in [-0.1, -0.05) is 13.3 Å². The van der Waals surface area contributed by atoms with Crippen LogP contribution in [0.4, 0.5) is 5.69 Å². The van der Waals surface area contributed by atoms with Crippen LogP contribution in [0, 0.1) is 11.3 Å². The molecule has 0 saturated heterocycles. The lowest BCUT2D eigenvalue weighted by molar-refractivity contribution is -0.119. The molecule has 1 amide bonds. The Hall–Kier alpha value is -1.54. The molecule has 0 radical (unpaired) electrons. The van der Waals surface area contributed by atoms with E-state index in [-0.39, 0.29) is 12.5 Å². The van der Waals surface area contributed by atoms with Crippen LogP contribution in [0.2, 0.25) is 0 Å². The van der Waals surface area contributed by atoms with Gasteiger partial charge in [-0.15, -0.1) is 0 Å². The number of hydrogen-bond acceptors (Lipinski definition) is 3. The van der Waals surface area contributed by atoms with Crippen molar-refractivity contribution in [1.82, 2.24) is 5.32 Å². The van der Waals surface area contributed by atoms with Crippen molar-refractivity contribution in [3.05, 3.63) is 28.2 Å². The molecule has 0 aliphatic heterocycles. The minimum absolute atomic E-state index is 0.0280. The highest BCUT2D eigenvalue weighted by Crippen LogP contribution is 2.22. The molecule has 0 aliphatic rings. The summed E-state index contributed by atoms with van der Waals surface area (Å²) < 4.78 is 0.780. The summed E-state index contributed by atoms with van der Waals surface area (Å²) in [6.45, 7) is 3.03. The van der Waals surface area contributed by atoms with Gasteiger partial charge in [-0.25, -0.2) is 0 Å². The SMILES string of the molecule is CCCCNC(=O)CNc1ccc(C#N)cc1Br. The maximum atomic E-state index is 11.5. The zero-order valence-electron chi connectivity index (χ0n) is 10.3. The van der Waals surface area contributed by atoms with E-state index in [1.54, 1.807) is 18.2 Å². The molecular weight excluding hydrogens is 294 g/mol. The Morgan fingerprint density at radius 1 is 1.50 bits per heavy atom. The van der Waals surface area contributed by atoms with Gasteiger partial charge >= 0.3 is 0 Å². The zero-order chi connectivity index (χ0) is 13.4. The second-order valence-electron chi connectivity index (χ2n) is 3.86. The fraction of sp³-hybridized carbons (Fsp3) is 0.385. The van der Waals surface area contributed by atoms with E-state index in [0.717, 1.165) is 23.0 Å². The number of nitrogens with one attached hydrogen (secondary N) is 2. The number of carbonyl (C=O) groups is 1. The Morgan fingerprint density at radius 2 is 2.28 bits per heavy atom. The third-order valence-corrected chi connectivity index (χ3v) is 3.05. The minimum atomic E-state index is -0.0280. The van der Waals surface area contributed by atoms with E-state index < -0.39 is 0 Å². The van der Waals surface area contributed by atoms with Gasteiger partial charge in [0.15, 0.2) is 0 Å². The Morgan fingerprint density at radius 3 is 2.89 bits per heavy atom. The summed E-state index contributed by atoms with van der Waals surface area (Å²) in [6.07, 6.45) is 2.06. The van der Waals surface area contributed by atoms with Gasteiger partial charge in [0.05, 0.1) is 18.2 Å². The van der Waals surface area contributed by atoms with Crippen molar-refractivity contribution in [3.63, 3.8) is 0 Å². The Labute approximate surface area is 116 Å². The molecule has 0 saturated carbocycles. The zero-order valence-corrected chi connectivity index (χ0v) is 11.9. The van der Waals surface area contributed by atoms with E-state index in [9.17, 15) is 4.79 Å². The molecule has 0 heterocycles.